The highest BCUT2D eigenvalue weighted by Crippen LogP contribution is 2.29. The molecule has 1 amide bonds. The molecule has 112 valence electrons. The zero-order valence-electron chi connectivity index (χ0n) is 11.9. The Morgan fingerprint density at radius 2 is 2.05 bits per heavy atom. The fourth-order valence-electron chi connectivity index (χ4n) is 2.22. The number of hydrogen-bond acceptors (Lipinski definition) is 2. The molecule has 20 heavy (non-hydrogen) atoms. The SMILES string of the molecule is CCC(CC)(CCO)CNC(=O)c1ccc(F)cc1Cl. The lowest BCUT2D eigenvalue weighted by atomic mass is 9.79. The van der Waals surface area contributed by atoms with Gasteiger partial charge in [0.25, 0.3) is 5.91 Å². The van der Waals surface area contributed by atoms with Crippen LogP contribution in [0.2, 0.25) is 5.02 Å². The molecule has 5 heteroatoms. The van der Waals surface area contributed by atoms with Gasteiger partial charge in [-0.1, -0.05) is 25.4 Å². The Bertz CT molecular complexity index is 461. The predicted molar refractivity (Wildman–Crippen MR) is 78.5 cm³/mol. The molecule has 0 bridgehead atoms. The molecule has 0 aromatic heterocycles. The first-order valence-corrected chi connectivity index (χ1v) is 7.20. The van der Waals surface area contributed by atoms with Gasteiger partial charge in [0.2, 0.25) is 0 Å². The molecule has 0 heterocycles. The van der Waals surface area contributed by atoms with Crippen LogP contribution in [0.25, 0.3) is 0 Å². The van der Waals surface area contributed by atoms with Crippen molar-refractivity contribution in [3.8, 4) is 0 Å². The number of nitrogens with one attached hydrogen (secondary N) is 1. The summed E-state index contributed by atoms with van der Waals surface area (Å²) in [4.78, 5) is 12.1. The van der Waals surface area contributed by atoms with E-state index in [9.17, 15) is 9.18 Å². The van der Waals surface area contributed by atoms with Crippen molar-refractivity contribution >= 4 is 17.5 Å². The maximum atomic E-state index is 13.0. The minimum atomic E-state index is -0.469. The number of carbonyl (C=O) groups excluding carboxylic acids is 1. The molecule has 1 aromatic rings. The lowest BCUT2D eigenvalue weighted by Gasteiger charge is -2.31. The molecule has 0 aliphatic carbocycles. The van der Waals surface area contributed by atoms with Crippen molar-refractivity contribution in [2.45, 2.75) is 33.1 Å². The van der Waals surface area contributed by atoms with Crippen molar-refractivity contribution in [1.29, 1.82) is 0 Å². The first-order chi connectivity index (χ1) is 9.48. The largest absolute Gasteiger partial charge is 0.396 e. The second-order valence-electron chi connectivity index (χ2n) is 4.99. The highest BCUT2D eigenvalue weighted by atomic mass is 35.5. The van der Waals surface area contributed by atoms with Crippen LogP contribution < -0.4 is 5.32 Å². The molecule has 0 atom stereocenters. The Morgan fingerprint density at radius 3 is 2.55 bits per heavy atom. The summed E-state index contributed by atoms with van der Waals surface area (Å²) in [6.07, 6.45) is 2.36. The van der Waals surface area contributed by atoms with Crippen LogP contribution in [-0.2, 0) is 0 Å². The lowest BCUT2D eigenvalue weighted by Crippen LogP contribution is -2.37. The average Bonchev–Trinajstić information content (AvgIpc) is 2.43. The number of amides is 1. The Labute approximate surface area is 124 Å². The number of benzene rings is 1. The van der Waals surface area contributed by atoms with E-state index in [0.717, 1.165) is 18.9 Å². The molecule has 0 unspecified atom stereocenters. The van der Waals surface area contributed by atoms with Crippen LogP contribution in [0.3, 0.4) is 0 Å². The Morgan fingerprint density at radius 1 is 1.40 bits per heavy atom. The summed E-state index contributed by atoms with van der Waals surface area (Å²) < 4.78 is 13.0. The Hall–Kier alpha value is -1.13. The van der Waals surface area contributed by atoms with E-state index in [4.69, 9.17) is 16.7 Å². The van der Waals surface area contributed by atoms with Gasteiger partial charge < -0.3 is 10.4 Å². The number of aliphatic hydroxyl groups excluding tert-OH is 1. The summed E-state index contributed by atoms with van der Waals surface area (Å²) in [5, 5.41) is 12.1. The van der Waals surface area contributed by atoms with E-state index in [1.807, 2.05) is 13.8 Å². The minimum Gasteiger partial charge on any atom is -0.396 e. The fraction of sp³-hybridized carbons (Fsp3) is 0.533. The van der Waals surface area contributed by atoms with Gasteiger partial charge in [0.15, 0.2) is 0 Å². The fourth-order valence-corrected chi connectivity index (χ4v) is 2.47. The van der Waals surface area contributed by atoms with Crippen LogP contribution >= 0.6 is 11.6 Å². The highest BCUT2D eigenvalue weighted by Gasteiger charge is 2.26. The lowest BCUT2D eigenvalue weighted by molar-refractivity contribution is 0.0907. The maximum absolute atomic E-state index is 13.0. The molecular weight excluding hydrogens is 281 g/mol. The second kappa shape index (κ2) is 7.60. The zero-order valence-corrected chi connectivity index (χ0v) is 12.6. The van der Waals surface area contributed by atoms with Crippen molar-refractivity contribution in [3.05, 3.63) is 34.6 Å². The van der Waals surface area contributed by atoms with Crippen LogP contribution in [0.4, 0.5) is 4.39 Å². The van der Waals surface area contributed by atoms with Gasteiger partial charge in [-0.2, -0.15) is 0 Å². The molecule has 0 spiro atoms. The molecule has 1 aromatic carbocycles. The van der Waals surface area contributed by atoms with Crippen LogP contribution in [0.15, 0.2) is 18.2 Å². The normalized spacial score (nSPS) is 11.4. The summed E-state index contributed by atoms with van der Waals surface area (Å²) in [6, 6.07) is 3.71. The van der Waals surface area contributed by atoms with Crippen LogP contribution in [0.5, 0.6) is 0 Å². The van der Waals surface area contributed by atoms with E-state index in [2.05, 4.69) is 5.32 Å². The monoisotopic (exact) mass is 301 g/mol. The van der Waals surface area contributed by atoms with Crippen molar-refractivity contribution in [2.24, 2.45) is 5.41 Å². The predicted octanol–water partition coefficient (Wildman–Crippen LogP) is 3.40. The van der Waals surface area contributed by atoms with Crippen molar-refractivity contribution < 1.29 is 14.3 Å². The molecule has 0 saturated carbocycles. The summed E-state index contributed by atoms with van der Waals surface area (Å²) in [6.45, 7) is 4.63. The first kappa shape index (κ1) is 16.9. The maximum Gasteiger partial charge on any atom is 0.252 e. The number of rotatable bonds is 7. The van der Waals surface area contributed by atoms with Gasteiger partial charge in [-0.25, -0.2) is 4.39 Å². The third-order valence-corrected chi connectivity index (χ3v) is 4.25. The molecule has 0 fully saturated rings. The van der Waals surface area contributed by atoms with Crippen LogP contribution in [0, 0.1) is 11.2 Å². The molecule has 2 N–H and O–H groups in total. The average molecular weight is 302 g/mol. The van der Waals surface area contributed by atoms with Crippen molar-refractivity contribution in [1.82, 2.24) is 5.32 Å². The summed E-state index contributed by atoms with van der Waals surface area (Å²) in [7, 11) is 0. The summed E-state index contributed by atoms with van der Waals surface area (Å²) in [5.74, 6) is -0.789. The van der Waals surface area contributed by atoms with E-state index in [1.54, 1.807) is 0 Å². The number of halogens is 2. The zero-order chi connectivity index (χ0) is 15.2. The summed E-state index contributed by atoms with van der Waals surface area (Å²) in [5.41, 5.74) is 0.148. The molecule has 3 nitrogen and oxygen atoms in total. The number of carbonyl (C=O) groups is 1. The van der Waals surface area contributed by atoms with Gasteiger partial charge >= 0.3 is 0 Å². The number of aliphatic hydroxyl groups is 1. The van der Waals surface area contributed by atoms with E-state index in [-0.39, 0.29) is 28.5 Å². The molecular formula is C15H21ClFNO2. The third-order valence-electron chi connectivity index (χ3n) is 3.94. The molecule has 1 rings (SSSR count). The second-order valence-corrected chi connectivity index (χ2v) is 5.39. The quantitative estimate of drug-likeness (QED) is 0.811. The van der Waals surface area contributed by atoms with Crippen molar-refractivity contribution in [3.63, 3.8) is 0 Å². The topological polar surface area (TPSA) is 49.3 Å². The molecule has 0 aliphatic heterocycles. The van der Waals surface area contributed by atoms with E-state index in [1.165, 1.54) is 12.1 Å². The van der Waals surface area contributed by atoms with Crippen LogP contribution in [-0.4, -0.2) is 24.2 Å². The first-order valence-electron chi connectivity index (χ1n) is 6.82. The van der Waals surface area contributed by atoms with Gasteiger partial charge in [0.1, 0.15) is 5.82 Å². The molecule has 0 saturated heterocycles. The number of hydrogen-bond donors (Lipinski definition) is 2. The summed E-state index contributed by atoms with van der Waals surface area (Å²) >= 11 is 5.86. The van der Waals surface area contributed by atoms with E-state index < -0.39 is 5.82 Å². The van der Waals surface area contributed by atoms with E-state index >= 15 is 0 Å². The van der Waals surface area contributed by atoms with E-state index in [0.29, 0.717) is 13.0 Å². The molecule has 0 aliphatic rings. The smallest absolute Gasteiger partial charge is 0.252 e. The van der Waals surface area contributed by atoms with Gasteiger partial charge in [-0.05, 0) is 42.9 Å². The highest BCUT2D eigenvalue weighted by molar-refractivity contribution is 6.33. The Kier molecular flexibility index (Phi) is 6.43. The molecule has 0 radical (unpaired) electrons. The van der Waals surface area contributed by atoms with Gasteiger partial charge in [-0.3, -0.25) is 4.79 Å². The standard InChI is InChI=1S/C15H21ClFNO2/c1-3-15(4-2,7-8-19)10-18-14(20)12-6-5-11(17)9-13(12)16/h5-6,9,19H,3-4,7-8,10H2,1-2H3,(H,18,20). The minimum absolute atomic E-state index is 0.0921. The van der Waals surface area contributed by atoms with Crippen molar-refractivity contribution in [2.75, 3.05) is 13.2 Å². The third kappa shape index (κ3) is 4.18. The Balaban J connectivity index is 2.75. The van der Waals surface area contributed by atoms with Gasteiger partial charge in [0.05, 0.1) is 10.6 Å². The van der Waals surface area contributed by atoms with Gasteiger partial charge in [0, 0.05) is 13.2 Å². The van der Waals surface area contributed by atoms with Crippen LogP contribution in [0.1, 0.15) is 43.5 Å². The van der Waals surface area contributed by atoms with Gasteiger partial charge in [-0.15, -0.1) is 0 Å².